The lowest BCUT2D eigenvalue weighted by Crippen LogP contribution is -2.40. The number of carbonyl (C=O) groups excluding carboxylic acids is 3. The molecule has 1 fully saturated rings. The number of aromatic amines is 2. The van der Waals surface area contributed by atoms with Gasteiger partial charge in [-0.1, -0.05) is 61.5 Å². The second kappa shape index (κ2) is 17.6. The van der Waals surface area contributed by atoms with Gasteiger partial charge in [-0.25, -0.2) is 19.6 Å². The number of nitrogens with one attached hydrogen (secondary N) is 4. The highest BCUT2D eigenvalue weighted by Gasteiger charge is 2.39. The van der Waals surface area contributed by atoms with Crippen molar-refractivity contribution in [3.63, 3.8) is 0 Å². The highest BCUT2D eigenvalue weighted by atomic mass is 32.1. The van der Waals surface area contributed by atoms with E-state index in [0.29, 0.717) is 31.2 Å². The van der Waals surface area contributed by atoms with Gasteiger partial charge in [0.25, 0.3) is 0 Å². The van der Waals surface area contributed by atoms with Gasteiger partial charge in [0.1, 0.15) is 18.2 Å². The number of nitrogens with zero attached hydrogens (tertiary/aromatic N) is 4. The van der Waals surface area contributed by atoms with Crippen molar-refractivity contribution in [1.82, 2.24) is 40.4 Å². The lowest BCUT2D eigenvalue weighted by molar-refractivity contribution is -0.130. The Labute approximate surface area is 326 Å². The molecule has 3 aromatic carbocycles. The number of benzene rings is 3. The molecule has 0 spiro atoms. The van der Waals surface area contributed by atoms with Crippen LogP contribution in [0.3, 0.4) is 0 Å². The molecular formula is C41H48N8O5S. The highest BCUT2D eigenvalue weighted by molar-refractivity contribution is 7.80. The zero-order valence-corrected chi connectivity index (χ0v) is 32.5. The summed E-state index contributed by atoms with van der Waals surface area (Å²) in [5, 5.41) is 7.49. The SMILES string of the molecule is C/C=C(\CNC(=O)OC)N(Cc1ncc(-c2ccc3cc(-c4ccc(-c5cnc(CN(CCS)C(=O)CNC(=O)OC)[nH]5)cc4)ccc3c2)[nH]1)CC1(C)CC1. The largest absolute Gasteiger partial charge is 0.453 e. The molecule has 0 radical (unpaired) electrons. The van der Waals surface area contributed by atoms with Gasteiger partial charge in [-0.15, -0.1) is 0 Å². The van der Waals surface area contributed by atoms with Crippen molar-refractivity contribution < 1.29 is 23.9 Å². The van der Waals surface area contributed by atoms with E-state index < -0.39 is 12.2 Å². The molecule has 2 aromatic heterocycles. The third kappa shape index (κ3) is 10.1. The zero-order chi connectivity index (χ0) is 39.0. The summed E-state index contributed by atoms with van der Waals surface area (Å²) in [7, 11) is 2.62. The molecule has 0 saturated heterocycles. The molecule has 288 valence electrons. The van der Waals surface area contributed by atoms with Crippen LogP contribution in [0.25, 0.3) is 44.4 Å². The molecular weight excluding hydrogens is 717 g/mol. The van der Waals surface area contributed by atoms with E-state index >= 15 is 0 Å². The maximum Gasteiger partial charge on any atom is 0.407 e. The van der Waals surface area contributed by atoms with Gasteiger partial charge in [0.2, 0.25) is 5.91 Å². The van der Waals surface area contributed by atoms with Crippen LogP contribution in [0.5, 0.6) is 0 Å². The average molecular weight is 765 g/mol. The second-order valence-corrected chi connectivity index (χ2v) is 14.5. The van der Waals surface area contributed by atoms with E-state index in [2.05, 4.69) is 103 Å². The van der Waals surface area contributed by atoms with Crippen molar-refractivity contribution in [1.29, 1.82) is 0 Å². The Bertz CT molecular complexity index is 2160. The monoisotopic (exact) mass is 764 g/mol. The lowest BCUT2D eigenvalue weighted by atomic mass is 9.98. The molecule has 3 amide bonds. The van der Waals surface area contributed by atoms with Gasteiger partial charge in [-0.3, -0.25) is 4.79 Å². The molecule has 14 heteroatoms. The number of ether oxygens (including phenoxy) is 2. The van der Waals surface area contributed by atoms with Crippen LogP contribution < -0.4 is 10.6 Å². The van der Waals surface area contributed by atoms with Crippen molar-refractivity contribution in [2.75, 3.05) is 46.2 Å². The summed E-state index contributed by atoms with van der Waals surface area (Å²) in [5.74, 6) is 1.70. The molecule has 5 aromatic rings. The van der Waals surface area contributed by atoms with Crippen LogP contribution in [0, 0.1) is 5.41 Å². The number of H-pyrrole nitrogens is 2. The molecule has 1 saturated carbocycles. The maximum absolute atomic E-state index is 12.7. The van der Waals surface area contributed by atoms with Gasteiger partial charge < -0.3 is 39.9 Å². The molecule has 0 aliphatic heterocycles. The minimum absolute atomic E-state index is 0.172. The standard InChI is InChI=1S/C41H48N8O5S/c1-5-33(20-44-39(51)53-3)49(26-41(2)14-15-41)25-37-43-22-35(47-37)32-13-12-30-18-29(10-11-31(30)19-32)27-6-8-28(9-7-27)34-21-42-36(46-34)24-48(16-17-55)38(50)23-45-40(52)54-4/h5-13,18-19,21-22,55H,14-17,20,23-26H2,1-4H3,(H,42,46)(H,43,47)(H,44,51)(H,45,52)/b33-5+. The molecule has 2 heterocycles. The smallest absolute Gasteiger partial charge is 0.407 e. The molecule has 0 bridgehead atoms. The zero-order valence-electron chi connectivity index (χ0n) is 31.6. The third-order valence-corrected chi connectivity index (χ3v) is 10.1. The van der Waals surface area contributed by atoms with E-state index in [1.54, 1.807) is 11.1 Å². The number of rotatable bonds is 16. The summed E-state index contributed by atoms with van der Waals surface area (Å²) in [6.07, 6.45) is 6.94. The van der Waals surface area contributed by atoms with Gasteiger partial charge >= 0.3 is 12.2 Å². The first kappa shape index (κ1) is 38.9. The quantitative estimate of drug-likeness (QED) is 0.0690. The number of aromatic nitrogens is 4. The van der Waals surface area contributed by atoms with Crippen molar-refractivity contribution in [2.45, 2.75) is 39.8 Å². The number of alkyl carbamates (subject to hydrolysis) is 2. The first-order valence-corrected chi connectivity index (χ1v) is 18.9. The van der Waals surface area contributed by atoms with E-state index in [-0.39, 0.29) is 24.4 Å². The van der Waals surface area contributed by atoms with Crippen LogP contribution in [-0.4, -0.2) is 94.0 Å². The number of fused-ring (bicyclic) bond motifs is 1. The maximum atomic E-state index is 12.7. The van der Waals surface area contributed by atoms with Gasteiger partial charge in [0, 0.05) is 30.1 Å². The fraction of sp³-hybridized carbons (Fsp3) is 0.341. The first-order valence-electron chi connectivity index (χ1n) is 18.3. The molecule has 55 heavy (non-hydrogen) atoms. The summed E-state index contributed by atoms with van der Waals surface area (Å²) < 4.78 is 9.34. The number of amides is 3. The lowest BCUT2D eigenvalue weighted by Gasteiger charge is -2.29. The predicted molar refractivity (Wildman–Crippen MR) is 216 cm³/mol. The summed E-state index contributed by atoms with van der Waals surface area (Å²) >= 11 is 4.28. The van der Waals surface area contributed by atoms with E-state index in [9.17, 15) is 14.4 Å². The number of thiol groups is 1. The van der Waals surface area contributed by atoms with Crippen molar-refractivity contribution in [3.8, 4) is 33.6 Å². The van der Waals surface area contributed by atoms with Crippen molar-refractivity contribution >= 4 is 41.5 Å². The molecule has 13 nitrogen and oxygen atoms in total. The Kier molecular flexibility index (Phi) is 12.5. The molecule has 1 aliphatic rings. The average Bonchev–Trinajstić information content (AvgIpc) is 3.52. The number of allylic oxidation sites excluding steroid dienone is 1. The highest BCUT2D eigenvalue weighted by Crippen LogP contribution is 2.46. The number of methoxy groups -OCH3 is 2. The number of carbonyl (C=O) groups is 3. The second-order valence-electron chi connectivity index (χ2n) is 14.0. The summed E-state index contributed by atoms with van der Waals surface area (Å²) in [4.78, 5) is 55.8. The fourth-order valence-corrected chi connectivity index (χ4v) is 6.68. The molecule has 0 atom stereocenters. The molecule has 4 N–H and O–H groups in total. The summed E-state index contributed by atoms with van der Waals surface area (Å²) in [6, 6.07) is 21.2. The Hall–Kier alpha value is -5.76. The Balaban J connectivity index is 1.11. The summed E-state index contributed by atoms with van der Waals surface area (Å²) in [6.45, 7) is 6.65. The number of hydrogen-bond donors (Lipinski definition) is 5. The van der Waals surface area contributed by atoms with Crippen molar-refractivity contribution in [3.05, 3.63) is 96.5 Å². The minimum atomic E-state index is -0.661. The van der Waals surface area contributed by atoms with Gasteiger partial charge in [-0.2, -0.15) is 12.6 Å². The van der Waals surface area contributed by atoms with E-state index in [1.165, 1.54) is 27.1 Å². The molecule has 1 aliphatic carbocycles. The Morgan fingerprint density at radius 1 is 0.782 bits per heavy atom. The van der Waals surface area contributed by atoms with Crippen LogP contribution in [0.2, 0.25) is 0 Å². The number of imidazole rings is 2. The third-order valence-electron chi connectivity index (χ3n) is 9.93. The van der Waals surface area contributed by atoms with Crippen LogP contribution in [0.15, 0.2) is 84.8 Å². The Morgan fingerprint density at radius 3 is 1.89 bits per heavy atom. The van der Waals surface area contributed by atoms with Crippen LogP contribution >= 0.6 is 12.6 Å². The normalized spacial score (nSPS) is 13.3. The van der Waals surface area contributed by atoms with Gasteiger partial charge in [0.05, 0.1) is 57.6 Å². The van der Waals surface area contributed by atoms with Crippen LogP contribution in [-0.2, 0) is 27.4 Å². The van der Waals surface area contributed by atoms with E-state index in [1.807, 2.05) is 31.3 Å². The first-order chi connectivity index (χ1) is 26.6. The van der Waals surface area contributed by atoms with E-state index in [0.717, 1.165) is 62.5 Å². The topological polar surface area (TPSA) is 158 Å². The van der Waals surface area contributed by atoms with E-state index in [4.69, 9.17) is 9.72 Å². The van der Waals surface area contributed by atoms with Gasteiger partial charge in [0.15, 0.2) is 0 Å². The molecule has 0 unspecified atom stereocenters. The Morgan fingerprint density at radius 2 is 1.31 bits per heavy atom. The summed E-state index contributed by atoms with van der Waals surface area (Å²) in [5.41, 5.74) is 7.29. The van der Waals surface area contributed by atoms with Gasteiger partial charge in [-0.05, 0) is 64.8 Å². The van der Waals surface area contributed by atoms with Crippen molar-refractivity contribution in [2.24, 2.45) is 5.41 Å². The van der Waals surface area contributed by atoms with Crippen LogP contribution in [0.1, 0.15) is 38.3 Å². The minimum Gasteiger partial charge on any atom is -0.453 e. The predicted octanol–water partition coefficient (Wildman–Crippen LogP) is 6.76. The fourth-order valence-electron chi connectivity index (χ4n) is 6.44. The number of hydrogen-bond acceptors (Lipinski definition) is 9. The molecule has 6 rings (SSSR count). The van der Waals surface area contributed by atoms with Crippen LogP contribution in [0.4, 0.5) is 9.59 Å².